The number of rotatable bonds is 3. The highest BCUT2D eigenvalue weighted by Crippen LogP contribution is 2.32. The molecule has 122 valence electrons. The zero-order valence-corrected chi connectivity index (χ0v) is 13.2. The van der Waals surface area contributed by atoms with Crippen molar-refractivity contribution in [3.8, 4) is 5.75 Å². The molecule has 0 aliphatic heterocycles. The van der Waals surface area contributed by atoms with Crippen LogP contribution in [0.15, 0.2) is 36.4 Å². The average molecular weight is 324 g/mol. The fourth-order valence-electron chi connectivity index (χ4n) is 3.07. The van der Waals surface area contributed by atoms with E-state index in [2.05, 4.69) is 0 Å². The normalized spacial score (nSPS) is 12.8. The van der Waals surface area contributed by atoms with Gasteiger partial charge < -0.3 is 9.84 Å². The zero-order chi connectivity index (χ0) is 17.3. The van der Waals surface area contributed by atoms with Crippen LogP contribution in [0.5, 0.6) is 5.75 Å². The highest BCUT2D eigenvalue weighted by atomic mass is 16.5. The Morgan fingerprint density at radius 3 is 2.54 bits per heavy atom. The van der Waals surface area contributed by atoms with Crippen LogP contribution in [0.4, 0.5) is 0 Å². The number of esters is 1. The lowest BCUT2D eigenvalue weighted by Gasteiger charge is -2.13. The molecule has 5 nitrogen and oxygen atoms in total. The van der Waals surface area contributed by atoms with Crippen LogP contribution in [0.25, 0.3) is 0 Å². The monoisotopic (exact) mass is 324 g/mol. The van der Waals surface area contributed by atoms with Crippen molar-refractivity contribution >= 4 is 17.7 Å². The van der Waals surface area contributed by atoms with Gasteiger partial charge in [-0.05, 0) is 35.6 Å². The van der Waals surface area contributed by atoms with Gasteiger partial charge in [-0.25, -0.2) is 0 Å². The SMILES string of the molecule is CC(=O)Oc1cc(CC(=O)O)cc2c1C(=O)c1ccccc1CC2. The minimum absolute atomic E-state index is 0.137. The molecule has 0 aromatic heterocycles. The zero-order valence-electron chi connectivity index (χ0n) is 13.2. The molecular formula is C19H16O5. The number of carbonyl (C=O) groups excluding carboxylic acids is 2. The summed E-state index contributed by atoms with van der Waals surface area (Å²) < 4.78 is 5.22. The van der Waals surface area contributed by atoms with Crippen LogP contribution in [0.1, 0.15) is 39.5 Å². The number of carbonyl (C=O) groups is 3. The van der Waals surface area contributed by atoms with E-state index in [1.165, 1.54) is 13.0 Å². The van der Waals surface area contributed by atoms with E-state index in [0.29, 0.717) is 35.1 Å². The van der Waals surface area contributed by atoms with Crippen LogP contribution in [0.3, 0.4) is 0 Å². The van der Waals surface area contributed by atoms with Gasteiger partial charge in [0, 0.05) is 12.5 Å². The number of carboxylic acid groups (broad SMARTS) is 1. The summed E-state index contributed by atoms with van der Waals surface area (Å²) in [4.78, 5) is 35.4. The molecule has 0 saturated carbocycles. The van der Waals surface area contributed by atoms with Gasteiger partial charge in [-0.1, -0.05) is 30.3 Å². The van der Waals surface area contributed by atoms with Gasteiger partial charge in [-0.3, -0.25) is 14.4 Å². The summed E-state index contributed by atoms with van der Waals surface area (Å²) >= 11 is 0. The number of benzene rings is 2. The number of carboxylic acids is 1. The molecule has 0 atom stereocenters. The van der Waals surface area contributed by atoms with Crippen molar-refractivity contribution in [2.45, 2.75) is 26.2 Å². The van der Waals surface area contributed by atoms with Gasteiger partial charge in [0.25, 0.3) is 0 Å². The Morgan fingerprint density at radius 1 is 1.12 bits per heavy atom. The first kappa shape index (κ1) is 15.9. The quantitative estimate of drug-likeness (QED) is 0.693. The third kappa shape index (κ3) is 3.06. The van der Waals surface area contributed by atoms with Crippen LogP contribution in [-0.2, 0) is 28.9 Å². The lowest BCUT2D eigenvalue weighted by molar-refractivity contribution is -0.136. The second kappa shape index (κ2) is 6.28. The van der Waals surface area contributed by atoms with E-state index in [1.807, 2.05) is 12.1 Å². The van der Waals surface area contributed by atoms with E-state index in [-0.39, 0.29) is 18.0 Å². The maximum atomic E-state index is 13.0. The van der Waals surface area contributed by atoms with E-state index in [4.69, 9.17) is 9.84 Å². The molecule has 24 heavy (non-hydrogen) atoms. The third-order valence-electron chi connectivity index (χ3n) is 4.01. The lowest BCUT2D eigenvalue weighted by atomic mass is 9.95. The second-order valence-corrected chi connectivity index (χ2v) is 5.78. The molecule has 0 spiro atoms. The fraction of sp³-hybridized carbons (Fsp3) is 0.211. The highest BCUT2D eigenvalue weighted by Gasteiger charge is 2.26. The van der Waals surface area contributed by atoms with Crippen molar-refractivity contribution in [3.63, 3.8) is 0 Å². The molecule has 1 aliphatic carbocycles. The van der Waals surface area contributed by atoms with Crippen LogP contribution >= 0.6 is 0 Å². The van der Waals surface area contributed by atoms with Gasteiger partial charge >= 0.3 is 11.9 Å². The first-order valence-corrected chi connectivity index (χ1v) is 7.64. The molecule has 0 radical (unpaired) electrons. The molecule has 0 bridgehead atoms. The van der Waals surface area contributed by atoms with Crippen LogP contribution < -0.4 is 4.74 Å². The predicted octanol–water partition coefficient (Wildman–Crippen LogP) is 2.57. The minimum atomic E-state index is -0.980. The third-order valence-corrected chi connectivity index (χ3v) is 4.01. The number of ketones is 1. The summed E-state index contributed by atoms with van der Waals surface area (Å²) in [6.07, 6.45) is 1.06. The van der Waals surface area contributed by atoms with E-state index in [0.717, 1.165) is 5.56 Å². The molecule has 0 unspecified atom stereocenters. The maximum Gasteiger partial charge on any atom is 0.308 e. The number of fused-ring (bicyclic) bond motifs is 2. The van der Waals surface area contributed by atoms with Crippen molar-refractivity contribution in [3.05, 3.63) is 64.2 Å². The van der Waals surface area contributed by atoms with Gasteiger partial charge in [-0.15, -0.1) is 0 Å². The molecule has 2 aromatic rings. The lowest BCUT2D eigenvalue weighted by Crippen LogP contribution is -2.12. The van der Waals surface area contributed by atoms with E-state index in [9.17, 15) is 14.4 Å². The van der Waals surface area contributed by atoms with Crippen molar-refractivity contribution in [1.82, 2.24) is 0 Å². The summed E-state index contributed by atoms with van der Waals surface area (Å²) in [6, 6.07) is 10.5. The number of aryl methyl sites for hydroxylation is 2. The van der Waals surface area contributed by atoms with Crippen LogP contribution in [-0.4, -0.2) is 22.8 Å². The summed E-state index contributed by atoms with van der Waals surface area (Å²) in [5.74, 6) is -1.59. The molecule has 0 saturated heterocycles. The summed E-state index contributed by atoms with van der Waals surface area (Å²) in [5.41, 5.74) is 3.11. The molecule has 1 aliphatic rings. The molecule has 0 fully saturated rings. The van der Waals surface area contributed by atoms with E-state index in [1.54, 1.807) is 18.2 Å². The Bertz CT molecular complexity index is 851. The van der Waals surface area contributed by atoms with Crippen molar-refractivity contribution in [1.29, 1.82) is 0 Å². The molecule has 5 heteroatoms. The van der Waals surface area contributed by atoms with Gasteiger partial charge in [0.05, 0.1) is 12.0 Å². The number of hydrogen-bond acceptors (Lipinski definition) is 4. The van der Waals surface area contributed by atoms with Gasteiger partial charge in [0.1, 0.15) is 5.75 Å². The smallest absolute Gasteiger partial charge is 0.308 e. The summed E-state index contributed by atoms with van der Waals surface area (Å²) in [6.45, 7) is 1.26. The second-order valence-electron chi connectivity index (χ2n) is 5.78. The van der Waals surface area contributed by atoms with Crippen molar-refractivity contribution in [2.24, 2.45) is 0 Å². The number of hydrogen-bond donors (Lipinski definition) is 1. The Balaban J connectivity index is 2.17. The maximum absolute atomic E-state index is 13.0. The summed E-state index contributed by atoms with van der Waals surface area (Å²) in [5, 5.41) is 9.02. The Kier molecular flexibility index (Phi) is 4.16. The van der Waals surface area contributed by atoms with E-state index >= 15 is 0 Å². The largest absolute Gasteiger partial charge is 0.481 e. The van der Waals surface area contributed by atoms with Crippen LogP contribution in [0, 0.1) is 0 Å². The van der Waals surface area contributed by atoms with Crippen LogP contribution in [0.2, 0.25) is 0 Å². The fourth-order valence-corrected chi connectivity index (χ4v) is 3.07. The Hall–Kier alpha value is -2.95. The van der Waals surface area contributed by atoms with Gasteiger partial charge in [-0.2, -0.15) is 0 Å². The first-order chi connectivity index (χ1) is 11.5. The van der Waals surface area contributed by atoms with Crippen molar-refractivity contribution in [2.75, 3.05) is 0 Å². The predicted molar refractivity (Wildman–Crippen MR) is 86.4 cm³/mol. The van der Waals surface area contributed by atoms with E-state index < -0.39 is 11.9 Å². The summed E-state index contributed by atoms with van der Waals surface area (Å²) in [7, 11) is 0. The molecule has 1 N–H and O–H groups in total. The Labute approximate surface area is 138 Å². The standard InChI is InChI=1S/C19H16O5/c1-11(20)24-16-9-12(10-17(21)22)8-14-7-6-13-4-2-3-5-15(13)19(23)18(14)16/h2-5,8-9H,6-7,10H2,1H3,(H,21,22). The minimum Gasteiger partial charge on any atom is -0.481 e. The molecule has 0 amide bonds. The molecule has 3 rings (SSSR count). The van der Waals surface area contributed by atoms with Gasteiger partial charge in [0.2, 0.25) is 0 Å². The topological polar surface area (TPSA) is 80.7 Å². The number of ether oxygens (including phenoxy) is 1. The van der Waals surface area contributed by atoms with Gasteiger partial charge in [0.15, 0.2) is 5.78 Å². The average Bonchev–Trinajstić information content (AvgIpc) is 2.64. The number of aliphatic carboxylic acids is 1. The highest BCUT2D eigenvalue weighted by molar-refractivity contribution is 6.13. The van der Waals surface area contributed by atoms with Crippen molar-refractivity contribution < 1.29 is 24.2 Å². The molecule has 2 aromatic carbocycles. The molecule has 0 heterocycles. The molecular weight excluding hydrogens is 308 g/mol. The Morgan fingerprint density at radius 2 is 1.83 bits per heavy atom. The first-order valence-electron chi connectivity index (χ1n) is 7.64.